The van der Waals surface area contributed by atoms with Crippen molar-refractivity contribution in [2.75, 3.05) is 25.1 Å². The molecule has 1 aromatic carbocycles. The van der Waals surface area contributed by atoms with Crippen LogP contribution in [0.4, 0.5) is 5.13 Å². The van der Waals surface area contributed by atoms with Crippen LogP contribution in [0.3, 0.4) is 0 Å². The first-order valence-corrected chi connectivity index (χ1v) is 8.10. The fraction of sp³-hybridized carbons (Fsp3) is 0.500. The Morgan fingerprint density at radius 2 is 2.36 bits per heavy atom. The van der Waals surface area contributed by atoms with Crippen LogP contribution in [-0.2, 0) is 11.2 Å². The number of thiazole rings is 1. The molecule has 1 saturated heterocycles. The normalized spacial score (nSPS) is 23.6. The average molecular weight is 317 g/mol. The lowest BCUT2D eigenvalue weighted by Gasteiger charge is -2.28. The second-order valence-electron chi connectivity index (χ2n) is 5.39. The lowest BCUT2D eigenvalue weighted by atomic mass is 10.1. The summed E-state index contributed by atoms with van der Waals surface area (Å²) >= 11 is 1.62. The highest BCUT2D eigenvalue weighted by Gasteiger charge is 2.26. The van der Waals surface area contributed by atoms with Crippen LogP contribution in [0.2, 0.25) is 0 Å². The molecule has 7 nitrogen and oxygen atoms in total. The Morgan fingerprint density at radius 1 is 1.41 bits per heavy atom. The van der Waals surface area contributed by atoms with Gasteiger partial charge in [0, 0.05) is 29.5 Å². The zero-order chi connectivity index (χ0) is 14.9. The van der Waals surface area contributed by atoms with Crippen molar-refractivity contribution < 1.29 is 9.47 Å². The van der Waals surface area contributed by atoms with Crippen LogP contribution in [0.25, 0.3) is 20.7 Å². The van der Waals surface area contributed by atoms with Crippen molar-refractivity contribution in [3.63, 3.8) is 0 Å². The Morgan fingerprint density at radius 3 is 3.27 bits per heavy atom. The van der Waals surface area contributed by atoms with Crippen molar-refractivity contribution in [3.05, 3.63) is 28.1 Å². The zero-order valence-electron chi connectivity index (χ0n) is 11.9. The van der Waals surface area contributed by atoms with Crippen LogP contribution in [0.15, 0.2) is 17.2 Å². The van der Waals surface area contributed by atoms with Crippen molar-refractivity contribution in [1.29, 1.82) is 0 Å². The van der Waals surface area contributed by atoms with Crippen LogP contribution >= 0.6 is 11.3 Å². The molecule has 1 N–H and O–H groups in total. The SMILES string of the molecule is [N-]=[N+]=N[C@@H]1COCC[C@H]1Nc1nc2c3c(ccc2s1)OCC3. The van der Waals surface area contributed by atoms with E-state index in [4.69, 9.17) is 20.0 Å². The number of azide groups is 1. The molecule has 0 aliphatic carbocycles. The number of benzene rings is 1. The second-order valence-corrected chi connectivity index (χ2v) is 6.42. The predicted octanol–water partition coefficient (Wildman–Crippen LogP) is 3.11. The Bertz CT molecular complexity index is 755. The molecule has 8 heteroatoms. The van der Waals surface area contributed by atoms with E-state index in [9.17, 15) is 0 Å². The van der Waals surface area contributed by atoms with Gasteiger partial charge in [0.25, 0.3) is 0 Å². The highest BCUT2D eigenvalue weighted by atomic mass is 32.1. The van der Waals surface area contributed by atoms with E-state index < -0.39 is 0 Å². The molecule has 0 saturated carbocycles. The number of hydrogen-bond acceptors (Lipinski definition) is 6. The minimum atomic E-state index is -0.195. The van der Waals surface area contributed by atoms with E-state index in [0.29, 0.717) is 13.2 Å². The van der Waals surface area contributed by atoms with Crippen LogP contribution in [-0.4, -0.2) is 36.9 Å². The van der Waals surface area contributed by atoms with Gasteiger partial charge < -0.3 is 14.8 Å². The number of nitrogens with zero attached hydrogens (tertiary/aromatic N) is 4. The minimum Gasteiger partial charge on any atom is -0.493 e. The van der Waals surface area contributed by atoms with E-state index in [-0.39, 0.29) is 12.1 Å². The first-order valence-electron chi connectivity index (χ1n) is 7.29. The largest absolute Gasteiger partial charge is 0.493 e. The van der Waals surface area contributed by atoms with Gasteiger partial charge in [-0.2, -0.15) is 0 Å². The van der Waals surface area contributed by atoms with Crippen LogP contribution in [0.1, 0.15) is 12.0 Å². The molecule has 2 aliphatic rings. The van der Waals surface area contributed by atoms with E-state index in [2.05, 4.69) is 21.4 Å². The Labute approximate surface area is 130 Å². The van der Waals surface area contributed by atoms with Gasteiger partial charge >= 0.3 is 0 Å². The summed E-state index contributed by atoms with van der Waals surface area (Å²) in [7, 11) is 0. The number of ether oxygens (including phenoxy) is 2. The summed E-state index contributed by atoms with van der Waals surface area (Å²) in [5.74, 6) is 0.947. The maximum atomic E-state index is 8.67. The van der Waals surface area contributed by atoms with Crippen molar-refractivity contribution in [3.8, 4) is 5.75 Å². The molecule has 4 rings (SSSR count). The summed E-state index contributed by atoms with van der Waals surface area (Å²) in [6.45, 7) is 1.85. The molecule has 2 aliphatic heterocycles. The molecule has 0 bridgehead atoms. The fourth-order valence-corrected chi connectivity index (χ4v) is 3.92. The highest BCUT2D eigenvalue weighted by Crippen LogP contribution is 2.36. The molecule has 0 spiro atoms. The zero-order valence-corrected chi connectivity index (χ0v) is 12.7. The van der Waals surface area contributed by atoms with E-state index in [1.165, 1.54) is 5.56 Å². The molecule has 0 amide bonds. The third-order valence-corrected chi connectivity index (χ3v) is 5.02. The number of nitrogens with one attached hydrogen (secondary N) is 1. The van der Waals surface area contributed by atoms with Gasteiger partial charge in [0.05, 0.1) is 29.5 Å². The first-order chi connectivity index (χ1) is 10.8. The molecule has 3 heterocycles. The van der Waals surface area contributed by atoms with E-state index in [1.54, 1.807) is 11.3 Å². The van der Waals surface area contributed by atoms with Crippen molar-refractivity contribution in [2.24, 2.45) is 5.11 Å². The molecule has 0 unspecified atom stereocenters. The van der Waals surface area contributed by atoms with Gasteiger partial charge in [-0.1, -0.05) is 16.5 Å². The fourth-order valence-electron chi connectivity index (χ4n) is 2.96. The maximum Gasteiger partial charge on any atom is 0.184 e. The van der Waals surface area contributed by atoms with Gasteiger partial charge in [0.15, 0.2) is 5.13 Å². The van der Waals surface area contributed by atoms with Gasteiger partial charge in [0.2, 0.25) is 0 Å². The Kier molecular flexibility index (Phi) is 3.49. The summed E-state index contributed by atoms with van der Waals surface area (Å²) in [6.07, 6.45) is 1.72. The molecule has 22 heavy (non-hydrogen) atoms. The monoisotopic (exact) mass is 317 g/mol. The summed E-state index contributed by atoms with van der Waals surface area (Å²) in [5, 5.41) is 8.10. The molecular formula is C14H15N5O2S. The highest BCUT2D eigenvalue weighted by molar-refractivity contribution is 7.22. The van der Waals surface area contributed by atoms with Gasteiger partial charge in [-0.25, -0.2) is 4.98 Å². The molecule has 114 valence electrons. The quantitative estimate of drug-likeness (QED) is 0.535. The van der Waals surface area contributed by atoms with Crippen molar-refractivity contribution in [1.82, 2.24) is 4.98 Å². The number of rotatable bonds is 3. The van der Waals surface area contributed by atoms with Crippen LogP contribution in [0.5, 0.6) is 5.75 Å². The van der Waals surface area contributed by atoms with Gasteiger partial charge in [-0.15, -0.1) is 0 Å². The summed E-state index contributed by atoms with van der Waals surface area (Å²) in [4.78, 5) is 7.64. The Balaban J connectivity index is 1.62. The van der Waals surface area contributed by atoms with E-state index in [1.807, 2.05) is 6.07 Å². The third kappa shape index (κ3) is 2.35. The lowest BCUT2D eigenvalue weighted by Crippen LogP contribution is -2.40. The number of fused-ring (bicyclic) bond motifs is 3. The number of aromatic nitrogens is 1. The lowest BCUT2D eigenvalue weighted by molar-refractivity contribution is 0.0753. The average Bonchev–Trinajstić information content (AvgIpc) is 3.14. The topological polar surface area (TPSA) is 92.1 Å². The molecule has 0 radical (unpaired) electrons. The van der Waals surface area contributed by atoms with Gasteiger partial charge in [0.1, 0.15) is 5.75 Å². The van der Waals surface area contributed by atoms with Crippen LogP contribution in [0, 0.1) is 0 Å². The smallest absolute Gasteiger partial charge is 0.184 e. The summed E-state index contributed by atoms with van der Waals surface area (Å²) in [6, 6.07) is 3.94. The summed E-state index contributed by atoms with van der Waals surface area (Å²) < 4.78 is 12.1. The standard InChI is InChI=1S/C14H15N5O2S/c15-19-18-10-7-20-5-4-9(10)16-14-17-13-8-3-6-21-11(8)1-2-12(13)22-14/h1-2,9-10H,3-7H2,(H,16,17)/t9-,10-/m1/s1. The Hall–Kier alpha value is -2.02. The predicted molar refractivity (Wildman–Crippen MR) is 84.6 cm³/mol. The number of anilines is 1. The van der Waals surface area contributed by atoms with Crippen LogP contribution < -0.4 is 10.1 Å². The molecule has 2 aromatic rings. The number of hydrogen-bond donors (Lipinski definition) is 1. The first kappa shape index (κ1) is 13.6. The third-order valence-electron chi connectivity index (χ3n) is 4.07. The maximum absolute atomic E-state index is 8.67. The van der Waals surface area contributed by atoms with Gasteiger partial charge in [-0.3, -0.25) is 0 Å². The summed E-state index contributed by atoms with van der Waals surface area (Å²) in [5.41, 5.74) is 10.9. The van der Waals surface area contributed by atoms with Crippen molar-refractivity contribution in [2.45, 2.75) is 24.9 Å². The molecular weight excluding hydrogens is 302 g/mol. The molecule has 1 fully saturated rings. The molecule has 2 atom stereocenters. The van der Waals surface area contributed by atoms with E-state index in [0.717, 1.165) is 40.5 Å². The van der Waals surface area contributed by atoms with Gasteiger partial charge in [-0.05, 0) is 24.1 Å². The molecule has 1 aromatic heterocycles. The second kappa shape index (κ2) is 5.64. The van der Waals surface area contributed by atoms with Crippen molar-refractivity contribution >= 4 is 26.7 Å². The minimum absolute atomic E-state index is 0.0644. The van der Waals surface area contributed by atoms with E-state index >= 15 is 0 Å².